The molecule has 0 fully saturated rings. The second kappa shape index (κ2) is 11.5. The van der Waals surface area contributed by atoms with Crippen LogP contribution in [0.25, 0.3) is 27.2 Å². The second-order valence-corrected chi connectivity index (χ2v) is 13.4. The van der Waals surface area contributed by atoms with Crippen molar-refractivity contribution in [1.82, 2.24) is 14.8 Å². The fourth-order valence-corrected chi connectivity index (χ4v) is 7.33. The predicted molar refractivity (Wildman–Crippen MR) is 169 cm³/mol. The van der Waals surface area contributed by atoms with Gasteiger partial charge in [-0.1, -0.05) is 42.5 Å². The van der Waals surface area contributed by atoms with Gasteiger partial charge in [-0.25, -0.2) is 8.42 Å². The number of H-pyrrole nitrogens is 1. The van der Waals surface area contributed by atoms with E-state index in [1.54, 1.807) is 12.1 Å². The monoisotopic (exact) mass is 592 g/mol. The number of nitrogens with zero attached hydrogens (tertiary/aromatic N) is 3. The van der Waals surface area contributed by atoms with E-state index in [4.69, 9.17) is 10.7 Å². The van der Waals surface area contributed by atoms with E-state index in [9.17, 15) is 13.2 Å². The Kier molecular flexibility index (Phi) is 8.19. The van der Waals surface area contributed by atoms with Crippen LogP contribution in [-0.2, 0) is 20.3 Å². The maximum atomic E-state index is 12.9. The molecule has 0 spiro atoms. The molecule has 1 amide bonds. The Morgan fingerprint density at radius 1 is 1.02 bits per heavy atom. The Balaban J connectivity index is 0.000000175. The summed E-state index contributed by atoms with van der Waals surface area (Å²) in [4.78, 5) is 22.7. The number of anilines is 1. The largest absolute Gasteiger partial charge is 0.377 e. The highest BCUT2D eigenvalue weighted by atomic mass is 35.7. The van der Waals surface area contributed by atoms with Crippen LogP contribution in [0.5, 0.6) is 0 Å². The molecule has 0 unspecified atom stereocenters. The van der Waals surface area contributed by atoms with Crippen LogP contribution in [-0.4, -0.2) is 75.9 Å². The van der Waals surface area contributed by atoms with Crippen molar-refractivity contribution >= 4 is 58.6 Å². The van der Waals surface area contributed by atoms with Crippen molar-refractivity contribution in [2.75, 3.05) is 45.7 Å². The standard InChI is InChI=1S/C20H25N3O.C12H12ClNO2S/c1-4-23(5-2)20(24)14-9-16-15-7-6-8-17-19(15)13(11-21-17)10-18(16)22(3)12-14;1-14(2)11-7-3-6-10-9(11)5-4-8-12(10)17(13,15)16/h6-9,11,14,18,21H,4-5,10,12H2,1-3H3;3-8H,1-2H3/t14-,18-;/m1./s1. The number of fused-ring (bicyclic) bond motifs is 3. The zero-order valence-corrected chi connectivity index (χ0v) is 25.8. The topological polar surface area (TPSA) is 76.7 Å². The normalized spacial score (nSPS) is 18.3. The van der Waals surface area contributed by atoms with E-state index in [0.717, 1.165) is 37.1 Å². The molecule has 1 aromatic heterocycles. The third-order valence-electron chi connectivity index (χ3n) is 8.26. The van der Waals surface area contributed by atoms with E-state index >= 15 is 0 Å². The summed E-state index contributed by atoms with van der Waals surface area (Å²) in [6, 6.07) is 17.4. The first-order chi connectivity index (χ1) is 19.5. The number of aromatic amines is 1. The summed E-state index contributed by atoms with van der Waals surface area (Å²) in [6.07, 6.45) is 5.41. The minimum Gasteiger partial charge on any atom is -0.377 e. The molecule has 0 radical (unpaired) electrons. The van der Waals surface area contributed by atoms with Gasteiger partial charge < -0.3 is 14.8 Å². The van der Waals surface area contributed by atoms with Crippen molar-refractivity contribution < 1.29 is 13.2 Å². The summed E-state index contributed by atoms with van der Waals surface area (Å²) < 4.78 is 23.0. The third kappa shape index (κ3) is 5.48. The molecule has 9 heteroatoms. The van der Waals surface area contributed by atoms with Gasteiger partial charge in [-0.3, -0.25) is 9.69 Å². The highest BCUT2D eigenvalue weighted by molar-refractivity contribution is 8.14. The van der Waals surface area contributed by atoms with Gasteiger partial charge in [0.15, 0.2) is 0 Å². The summed E-state index contributed by atoms with van der Waals surface area (Å²) in [5.74, 6) is 0.210. The summed E-state index contributed by atoms with van der Waals surface area (Å²) in [6.45, 7) is 6.47. The van der Waals surface area contributed by atoms with Gasteiger partial charge >= 0.3 is 0 Å². The summed E-state index contributed by atoms with van der Waals surface area (Å²) in [7, 11) is 7.69. The van der Waals surface area contributed by atoms with Crippen molar-refractivity contribution in [2.45, 2.75) is 31.2 Å². The number of likely N-dealkylation sites (N-methyl/N-ethyl adjacent to an activating group) is 1. The van der Waals surface area contributed by atoms with Gasteiger partial charge in [0.25, 0.3) is 9.05 Å². The van der Waals surface area contributed by atoms with E-state index < -0.39 is 9.05 Å². The smallest absolute Gasteiger partial charge is 0.261 e. The first-order valence-electron chi connectivity index (χ1n) is 14.0. The first kappa shape index (κ1) is 29.2. The number of hydrogen-bond acceptors (Lipinski definition) is 5. The van der Waals surface area contributed by atoms with Crippen LogP contribution >= 0.6 is 10.7 Å². The fourth-order valence-electron chi connectivity index (χ4n) is 6.24. The Morgan fingerprint density at radius 2 is 1.71 bits per heavy atom. The highest BCUT2D eigenvalue weighted by Crippen LogP contribution is 2.41. The van der Waals surface area contributed by atoms with Crippen LogP contribution in [0.1, 0.15) is 25.0 Å². The van der Waals surface area contributed by atoms with Crippen LogP contribution in [0.2, 0.25) is 0 Å². The molecule has 3 aromatic carbocycles. The Hall–Kier alpha value is -3.33. The van der Waals surface area contributed by atoms with Crippen LogP contribution in [0.15, 0.2) is 71.8 Å². The lowest BCUT2D eigenvalue weighted by molar-refractivity contribution is -0.134. The van der Waals surface area contributed by atoms with Crippen molar-refractivity contribution in [3.05, 3.63) is 78.0 Å². The van der Waals surface area contributed by atoms with E-state index in [-0.39, 0.29) is 16.7 Å². The average Bonchev–Trinajstić information content (AvgIpc) is 3.37. The molecule has 0 saturated heterocycles. The van der Waals surface area contributed by atoms with E-state index in [1.165, 1.54) is 33.7 Å². The van der Waals surface area contributed by atoms with Gasteiger partial charge in [-0.2, -0.15) is 0 Å². The second-order valence-electron chi connectivity index (χ2n) is 10.9. The molecule has 6 rings (SSSR count). The quantitative estimate of drug-likeness (QED) is 0.299. The first-order valence-corrected chi connectivity index (χ1v) is 16.3. The van der Waals surface area contributed by atoms with Crippen molar-refractivity contribution in [3.63, 3.8) is 0 Å². The van der Waals surface area contributed by atoms with Gasteiger partial charge in [0.2, 0.25) is 5.91 Å². The Bertz CT molecular complexity index is 1740. The summed E-state index contributed by atoms with van der Waals surface area (Å²) >= 11 is 0. The molecule has 1 aliphatic heterocycles. The number of hydrogen-bond donors (Lipinski definition) is 1. The number of nitrogens with one attached hydrogen (secondary N) is 1. The number of carbonyl (C=O) groups is 1. The molecule has 1 aliphatic carbocycles. The van der Waals surface area contributed by atoms with Crippen LogP contribution in [0.4, 0.5) is 5.69 Å². The zero-order chi connectivity index (χ0) is 29.5. The predicted octanol–water partition coefficient (Wildman–Crippen LogP) is 5.74. The maximum Gasteiger partial charge on any atom is 0.261 e. The third-order valence-corrected chi connectivity index (χ3v) is 9.64. The van der Waals surface area contributed by atoms with Crippen molar-refractivity contribution in [1.29, 1.82) is 0 Å². The number of halogens is 1. The number of aromatic nitrogens is 1. The Labute approximate surface area is 246 Å². The maximum absolute atomic E-state index is 12.9. The summed E-state index contributed by atoms with van der Waals surface area (Å²) in [5.41, 5.74) is 6.17. The Morgan fingerprint density at radius 3 is 2.39 bits per heavy atom. The van der Waals surface area contributed by atoms with Crippen LogP contribution in [0.3, 0.4) is 0 Å². The van der Waals surface area contributed by atoms with Gasteiger partial charge in [-0.15, -0.1) is 0 Å². The molecular formula is C32H37ClN4O3S. The van der Waals surface area contributed by atoms with E-state index in [0.29, 0.717) is 11.4 Å². The SMILES string of the molecule is CCN(CC)C(=O)[C@@H]1C=C2c3cccc4[nH]cc(c34)C[C@H]2N(C)C1.CN(C)c1cccc2c(S(=O)(=O)Cl)cccc12. The lowest BCUT2D eigenvalue weighted by Gasteiger charge is -2.40. The van der Waals surface area contributed by atoms with Crippen molar-refractivity contribution in [2.24, 2.45) is 5.92 Å². The molecule has 2 heterocycles. The minimum atomic E-state index is -3.72. The molecule has 2 atom stereocenters. The van der Waals surface area contributed by atoms with Crippen LogP contribution < -0.4 is 4.90 Å². The zero-order valence-electron chi connectivity index (χ0n) is 24.2. The molecule has 2 aliphatic rings. The fraction of sp³-hybridized carbons (Fsp3) is 0.344. The van der Waals surface area contributed by atoms with Gasteiger partial charge in [0.05, 0.1) is 10.8 Å². The average molecular weight is 593 g/mol. The molecule has 0 saturated carbocycles. The number of carbonyl (C=O) groups excluding carboxylic acids is 1. The van der Waals surface area contributed by atoms with Gasteiger partial charge in [0.1, 0.15) is 0 Å². The molecule has 1 N–H and O–H groups in total. The highest BCUT2D eigenvalue weighted by Gasteiger charge is 2.36. The lowest BCUT2D eigenvalue weighted by Crippen LogP contribution is -2.47. The molecule has 216 valence electrons. The van der Waals surface area contributed by atoms with Crippen LogP contribution in [0, 0.1) is 5.92 Å². The lowest BCUT2D eigenvalue weighted by atomic mass is 9.79. The summed E-state index contributed by atoms with van der Waals surface area (Å²) in [5, 5.41) is 2.86. The number of rotatable bonds is 5. The molecular weight excluding hydrogens is 556 g/mol. The number of amides is 1. The van der Waals surface area contributed by atoms with E-state index in [1.807, 2.05) is 42.1 Å². The van der Waals surface area contributed by atoms with Crippen molar-refractivity contribution in [3.8, 4) is 0 Å². The molecule has 7 nitrogen and oxygen atoms in total. The van der Waals surface area contributed by atoms with Gasteiger partial charge in [0, 0.05) is 84.0 Å². The van der Waals surface area contributed by atoms with E-state index in [2.05, 4.69) is 61.3 Å². The molecule has 4 aromatic rings. The molecule has 0 bridgehead atoms. The minimum absolute atomic E-state index is 0.0445. The number of benzene rings is 3. The van der Waals surface area contributed by atoms with Gasteiger partial charge in [-0.05, 0) is 62.2 Å². The molecule has 41 heavy (non-hydrogen) atoms.